The molecule has 1 aromatic carbocycles. The van der Waals surface area contributed by atoms with Crippen molar-refractivity contribution in [3.8, 4) is 0 Å². The van der Waals surface area contributed by atoms with Crippen molar-refractivity contribution in [2.45, 2.75) is 18.1 Å². The van der Waals surface area contributed by atoms with Gasteiger partial charge in [0.25, 0.3) is 5.91 Å². The van der Waals surface area contributed by atoms with Crippen LogP contribution in [0.15, 0.2) is 24.3 Å². The van der Waals surface area contributed by atoms with Crippen LogP contribution in [0.3, 0.4) is 0 Å². The fraction of sp³-hybridized carbons (Fsp3) is 0.429. The number of aliphatic hydroxyl groups excluding tert-OH is 1. The topological polar surface area (TPSA) is 69.6 Å². The first-order valence-corrected chi connectivity index (χ1v) is 7.83. The van der Waals surface area contributed by atoms with E-state index in [2.05, 4.69) is 5.32 Å². The van der Waals surface area contributed by atoms with Crippen LogP contribution in [0.25, 0.3) is 0 Å². The maximum absolute atomic E-state index is 13.6. The fourth-order valence-electron chi connectivity index (χ4n) is 2.69. The lowest BCUT2D eigenvalue weighted by Crippen LogP contribution is -2.47. The van der Waals surface area contributed by atoms with Gasteiger partial charge in [0, 0.05) is 11.3 Å². The predicted molar refractivity (Wildman–Crippen MR) is 76.3 cm³/mol. The number of nitrogens with zero attached hydrogens (tertiary/aromatic N) is 1. The second-order valence-electron chi connectivity index (χ2n) is 5.27. The van der Waals surface area contributed by atoms with Crippen LogP contribution in [-0.2, 0) is 4.79 Å². The summed E-state index contributed by atoms with van der Waals surface area (Å²) in [4.78, 5) is 25.4. The fourth-order valence-corrected chi connectivity index (χ4v) is 4.02. The Morgan fingerprint density at radius 3 is 2.86 bits per heavy atom. The van der Waals surface area contributed by atoms with Crippen molar-refractivity contribution in [2.24, 2.45) is 0 Å². The zero-order valence-electron chi connectivity index (χ0n) is 11.2. The lowest BCUT2D eigenvalue weighted by molar-refractivity contribution is -0.131. The summed E-state index contributed by atoms with van der Waals surface area (Å²) in [6.07, 6.45) is -0.640. The Morgan fingerprint density at radius 1 is 1.43 bits per heavy atom. The van der Waals surface area contributed by atoms with E-state index in [9.17, 15) is 19.1 Å². The van der Waals surface area contributed by atoms with E-state index in [1.807, 2.05) is 0 Å². The number of aliphatic hydroxyl groups is 1. The highest BCUT2D eigenvalue weighted by Gasteiger charge is 2.53. The third kappa shape index (κ3) is 2.40. The minimum Gasteiger partial charge on any atom is -0.386 e. The lowest BCUT2D eigenvalue weighted by atomic mass is 9.99. The highest BCUT2D eigenvalue weighted by molar-refractivity contribution is 7.99. The minimum atomic E-state index is -1.23. The van der Waals surface area contributed by atoms with E-state index < -0.39 is 23.5 Å². The number of carbonyl (C=O) groups excluding carboxylic acids is 2. The summed E-state index contributed by atoms with van der Waals surface area (Å²) in [5.41, 5.74) is -0.753. The second kappa shape index (κ2) is 5.31. The van der Waals surface area contributed by atoms with Gasteiger partial charge >= 0.3 is 6.03 Å². The van der Waals surface area contributed by atoms with Gasteiger partial charge in [0.1, 0.15) is 11.4 Å². The number of hydrogen-bond acceptors (Lipinski definition) is 4. The van der Waals surface area contributed by atoms with E-state index in [1.54, 1.807) is 17.8 Å². The van der Waals surface area contributed by atoms with Crippen LogP contribution < -0.4 is 5.32 Å². The van der Waals surface area contributed by atoms with Crippen molar-refractivity contribution in [2.75, 3.05) is 18.1 Å². The Labute approximate surface area is 125 Å². The standard InChI is InChI=1S/C14H15FN2O3S/c15-10-4-2-1-3-9(10)11(18)7-17-12(19)14(16-13(17)20)5-6-21-8-14/h1-4,11,18H,5-8H2,(H,16,20)/t11-,14-/m0/s1. The number of benzene rings is 1. The van der Waals surface area contributed by atoms with Crippen LogP contribution in [0.4, 0.5) is 9.18 Å². The van der Waals surface area contributed by atoms with Gasteiger partial charge in [0.2, 0.25) is 0 Å². The molecule has 2 atom stereocenters. The molecule has 2 saturated heterocycles. The molecule has 112 valence electrons. The van der Waals surface area contributed by atoms with Crippen molar-refractivity contribution in [1.29, 1.82) is 0 Å². The quantitative estimate of drug-likeness (QED) is 0.825. The van der Waals surface area contributed by atoms with Crippen molar-refractivity contribution in [3.05, 3.63) is 35.6 Å². The van der Waals surface area contributed by atoms with Crippen LogP contribution in [0.5, 0.6) is 0 Å². The molecule has 2 aliphatic rings. The predicted octanol–water partition coefficient (Wildman–Crippen LogP) is 1.29. The van der Waals surface area contributed by atoms with Crippen LogP contribution in [-0.4, -0.2) is 45.5 Å². The van der Waals surface area contributed by atoms with E-state index in [1.165, 1.54) is 18.2 Å². The molecule has 7 heteroatoms. The average Bonchev–Trinajstić information content (AvgIpc) is 3.01. The molecule has 0 saturated carbocycles. The summed E-state index contributed by atoms with van der Waals surface area (Å²) in [7, 11) is 0. The molecule has 0 bridgehead atoms. The van der Waals surface area contributed by atoms with Gasteiger partial charge in [0.05, 0.1) is 12.6 Å². The maximum Gasteiger partial charge on any atom is 0.325 e. The summed E-state index contributed by atoms with van der Waals surface area (Å²) >= 11 is 1.61. The Bertz CT molecular complexity index is 589. The zero-order valence-corrected chi connectivity index (χ0v) is 12.0. The number of amides is 3. The summed E-state index contributed by atoms with van der Waals surface area (Å²) < 4.78 is 13.6. The highest BCUT2D eigenvalue weighted by atomic mass is 32.2. The van der Waals surface area contributed by atoms with E-state index in [4.69, 9.17) is 0 Å². The van der Waals surface area contributed by atoms with Crippen molar-refractivity contribution < 1.29 is 19.1 Å². The first kappa shape index (κ1) is 14.3. The molecule has 0 aliphatic carbocycles. The van der Waals surface area contributed by atoms with Crippen LogP contribution in [0.1, 0.15) is 18.1 Å². The summed E-state index contributed by atoms with van der Waals surface area (Å²) in [5.74, 6) is 0.482. The van der Waals surface area contributed by atoms with Crippen LogP contribution in [0, 0.1) is 5.82 Å². The molecule has 2 fully saturated rings. The molecule has 0 unspecified atom stereocenters. The van der Waals surface area contributed by atoms with E-state index >= 15 is 0 Å². The van der Waals surface area contributed by atoms with Crippen molar-refractivity contribution >= 4 is 23.7 Å². The Kier molecular flexibility index (Phi) is 3.62. The Balaban J connectivity index is 1.77. The normalized spacial score (nSPS) is 26.5. The van der Waals surface area contributed by atoms with Crippen molar-refractivity contribution in [3.63, 3.8) is 0 Å². The van der Waals surface area contributed by atoms with Gasteiger partial charge in [-0.2, -0.15) is 11.8 Å². The third-order valence-corrected chi connectivity index (χ3v) is 5.08. The summed E-state index contributed by atoms with van der Waals surface area (Å²) in [6.45, 7) is -0.238. The zero-order chi connectivity index (χ0) is 15.0. The van der Waals surface area contributed by atoms with Gasteiger partial charge in [-0.15, -0.1) is 0 Å². The molecule has 2 N–H and O–H groups in total. The Hall–Kier alpha value is -1.60. The third-order valence-electron chi connectivity index (χ3n) is 3.89. The number of imide groups is 1. The van der Waals surface area contributed by atoms with E-state index in [0.717, 1.165) is 10.7 Å². The number of β-amino-alcohol motifs (C(OH)–C–C–N with tert-alkyl or cyclic N) is 1. The largest absolute Gasteiger partial charge is 0.386 e. The van der Waals surface area contributed by atoms with Crippen molar-refractivity contribution in [1.82, 2.24) is 10.2 Å². The van der Waals surface area contributed by atoms with Gasteiger partial charge in [-0.3, -0.25) is 9.69 Å². The van der Waals surface area contributed by atoms with Gasteiger partial charge in [-0.25, -0.2) is 9.18 Å². The number of rotatable bonds is 3. The smallest absolute Gasteiger partial charge is 0.325 e. The molecule has 1 spiro atoms. The molecular formula is C14H15FN2O3S. The van der Waals surface area contributed by atoms with E-state index in [-0.39, 0.29) is 18.0 Å². The molecule has 2 heterocycles. The molecule has 3 rings (SSSR count). The molecule has 21 heavy (non-hydrogen) atoms. The lowest BCUT2D eigenvalue weighted by Gasteiger charge is -2.21. The number of halogens is 1. The highest BCUT2D eigenvalue weighted by Crippen LogP contribution is 2.34. The minimum absolute atomic E-state index is 0.0832. The first-order chi connectivity index (χ1) is 10.0. The molecule has 0 aromatic heterocycles. The molecule has 0 radical (unpaired) electrons. The monoisotopic (exact) mass is 310 g/mol. The molecule has 1 aromatic rings. The number of nitrogens with one attached hydrogen (secondary N) is 1. The molecular weight excluding hydrogens is 295 g/mol. The number of hydrogen-bond donors (Lipinski definition) is 2. The number of carbonyl (C=O) groups is 2. The average molecular weight is 310 g/mol. The summed E-state index contributed by atoms with van der Waals surface area (Å²) in [5, 5.41) is 12.8. The van der Waals surface area contributed by atoms with E-state index in [0.29, 0.717) is 12.2 Å². The maximum atomic E-state index is 13.6. The van der Waals surface area contributed by atoms with Gasteiger partial charge in [-0.1, -0.05) is 18.2 Å². The van der Waals surface area contributed by atoms with Crippen LogP contribution in [0.2, 0.25) is 0 Å². The summed E-state index contributed by atoms with van der Waals surface area (Å²) in [6, 6.07) is 5.28. The SMILES string of the molecule is O=C1N[C@]2(CCSC2)C(=O)N1C[C@H](O)c1ccccc1F. The second-order valence-corrected chi connectivity index (χ2v) is 6.37. The van der Waals surface area contributed by atoms with Gasteiger partial charge < -0.3 is 10.4 Å². The molecule has 3 amide bonds. The van der Waals surface area contributed by atoms with Crippen LogP contribution >= 0.6 is 11.8 Å². The van der Waals surface area contributed by atoms with Gasteiger partial charge in [-0.05, 0) is 18.2 Å². The molecule has 5 nitrogen and oxygen atoms in total. The first-order valence-electron chi connectivity index (χ1n) is 6.68. The van der Waals surface area contributed by atoms with Gasteiger partial charge in [0.15, 0.2) is 0 Å². The molecule has 2 aliphatic heterocycles. The number of thioether (sulfide) groups is 1. The number of urea groups is 1. The Morgan fingerprint density at radius 2 is 2.19 bits per heavy atom.